The van der Waals surface area contributed by atoms with Gasteiger partial charge in [0.05, 0.1) is 0 Å². The maximum absolute atomic E-state index is 5.59. The molecule has 0 aromatic heterocycles. The first-order chi connectivity index (χ1) is 7.81. The fourth-order valence-corrected chi connectivity index (χ4v) is 2.12. The first kappa shape index (κ1) is 14.9. The van der Waals surface area contributed by atoms with E-state index in [1.54, 1.807) is 0 Å². The lowest BCUT2D eigenvalue weighted by molar-refractivity contribution is -0.0318. The van der Waals surface area contributed by atoms with Gasteiger partial charge in [-0.15, -0.1) is 0 Å². The van der Waals surface area contributed by atoms with Crippen molar-refractivity contribution in [1.29, 1.82) is 0 Å². The highest BCUT2D eigenvalue weighted by Gasteiger charge is 2.26. The average molecular weight is 243 g/mol. The van der Waals surface area contributed by atoms with Crippen LogP contribution in [0.15, 0.2) is 0 Å². The predicted molar refractivity (Wildman–Crippen MR) is 70.8 cm³/mol. The molecule has 0 aromatic carbocycles. The Bertz CT molecular complexity index is 218. The smallest absolute Gasteiger partial charge is 0.106 e. The van der Waals surface area contributed by atoms with Gasteiger partial charge < -0.3 is 15.2 Å². The van der Waals surface area contributed by atoms with Crippen molar-refractivity contribution in [2.45, 2.75) is 59.6 Å². The van der Waals surface area contributed by atoms with Crippen LogP contribution < -0.4 is 5.73 Å². The van der Waals surface area contributed by atoms with E-state index >= 15 is 0 Å². The summed E-state index contributed by atoms with van der Waals surface area (Å²) in [6.07, 6.45) is 4.57. The largest absolute Gasteiger partial charge is 0.381 e. The summed E-state index contributed by atoms with van der Waals surface area (Å²) in [7, 11) is 0. The molecular formula is C14H29NO2. The van der Waals surface area contributed by atoms with E-state index in [1.807, 2.05) is 0 Å². The second kappa shape index (κ2) is 6.17. The summed E-state index contributed by atoms with van der Waals surface area (Å²) in [6, 6.07) is 0. The molecule has 17 heavy (non-hydrogen) atoms. The quantitative estimate of drug-likeness (QED) is 0.711. The van der Waals surface area contributed by atoms with Crippen molar-refractivity contribution in [3.05, 3.63) is 0 Å². The number of ether oxygens (including phenoxy) is 2. The molecule has 0 amide bonds. The monoisotopic (exact) mass is 243 g/mol. The van der Waals surface area contributed by atoms with Gasteiger partial charge in [-0.3, -0.25) is 0 Å². The van der Waals surface area contributed by atoms with Crippen LogP contribution in [-0.2, 0) is 9.47 Å². The Morgan fingerprint density at radius 2 is 1.41 bits per heavy atom. The molecule has 0 saturated carbocycles. The molecule has 3 heteroatoms. The zero-order valence-corrected chi connectivity index (χ0v) is 11.9. The Kier molecular flexibility index (Phi) is 5.42. The van der Waals surface area contributed by atoms with Gasteiger partial charge in [-0.05, 0) is 36.5 Å². The summed E-state index contributed by atoms with van der Waals surface area (Å²) < 4.78 is 10.4. The second-order valence-electron chi connectivity index (χ2n) is 6.80. The molecule has 2 aliphatic heterocycles. The van der Waals surface area contributed by atoms with E-state index in [4.69, 9.17) is 15.2 Å². The van der Waals surface area contributed by atoms with E-state index in [-0.39, 0.29) is 6.23 Å². The summed E-state index contributed by atoms with van der Waals surface area (Å²) in [4.78, 5) is 0. The molecule has 2 heterocycles. The van der Waals surface area contributed by atoms with Gasteiger partial charge in [0, 0.05) is 19.8 Å². The highest BCUT2D eigenvalue weighted by atomic mass is 16.5. The molecule has 0 radical (unpaired) electrons. The molecule has 0 aliphatic carbocycles. The van der Waals surface area contributed by atoms with Gasteiger partial charge in [-0.2, -0.15) is 0 Å². The van der Waals surface area contributed by atoms with Crippen LogP contribution in [0.4, 0.5) is 0 Å². The molecule has 1 unspecified atom stereocenters. The molecule has 2 saturated heterocycles. The lowest BCUT2D eigenvalue weighted by atomic mass is 9.84. The minimum atomic E-state index is -0.0197. The molecule has 0 spiro atoms. The molecule has 2 rings (SSSR count). The van der Waals surface area contributed by atoms with Crippen molar-refractivity contribution in [3.63, 3.8) is 0 Å². The van der Waals surface area contributed by atoms with Crippen LogP contribution in [0.2, 0.25) is 0 Å². The number of hydrogen-bond donors (Lipinski definition) is 1. The van der Waals surface area contributed by atoms with E-state index in [9.17, 15) is 0 Å². The van der Waals surface area contributed by atoms with E-state index in [1.165, 1.54) is 12.8 Å². The van der Waals surface area contributed by atoms with Crippen LogP contribution >= 0.6 is 0 Å². The Hall–Kier alpha value is -0.120. The Balaban J connectivity index is 0.000000171. The van der Waals surface area contributed by atoms with Crippen molar-refractivity contribution in [2.24, 2.45) is 16.6 Å². The average Bonchev–Trinajstić information content (AvgIpc) is 2.15. The van der Waals surface area contributed by atoms with Crippen molar-refractivity contribution in [3.8, 4) is 0 Å². The van der Waals surface area contributed by atoms with Gasteiger partial charge in [0.15, 0.2) is 0 Å². The number of nitrogens with two attached hydrogens (primary N) is 1. The minimum Gasteiger partial charge on any atom is -0.381 e. The van der Waals surface area contributed by atoms with Crippen LogP contribution in [0.5, 0.6) is 0 Å². The Labute approximate surface area is 106 Å². The summed E-state index contributed by atoms with van der Waals surface area (Å²) in [5.74, 6) is 0. The van der Waals surface area contributed by atoms with Crippen LogP contribution in [-0.4, -0.2) is 26.0 Å². The van der Waals surface area contributed by atoms with Gasteiger partial charge >= 0.3 is 0 Å². The molecule has 3 nitrogen and oxygen atoms in total. The van der Waals surface area contributed by atoms with E-state index in [0.717, 1.165) is 32.7 Å². The zero-order chi connectivity index (χ0) is 12.9. The van der Waals surface area contributed by atoms with Crippen molar-refractivity contribution < 1.29 is 9.47 Å². The van der Waals surface area contributed by atoms with E-state index in [2.05, 4.69) is 27.7 Å². The third-order valence-corrected chi connectivity index (χ3v) is 3.71. The maximum Gasteiger partial charge on any atom is 0.106 e. The minimum absolute atomic E-state index is 0.0197. The first-order valence-corrected chi connectivity index (χ1v) is 6.76. The van der Waals surface area contributed by atoms with Gasteiger partial charge in [0.2, 0.25) is 0 Å². The van der Waals surface area contributed by atoms with Crippen molar-refractivity contribution in [1.82, 2.24) is 0 Å². The van der Waals surface area contributed by atoms with E-state index < -0.39 is 0 Å². The highest BCUT2D eigenvalue weighted by molar-refractivity contribution is 4.74. The Morgan fingerprint density at radius 3 is 1.71 bits per heavy atom. The summed E-state index contributed by atoms with van der Waals surface area (Å²) in [5, 5.41) is 0. The Morgan fingerprint density at radius 1 is 0.882 bits per heavy atom. The summed E-state index contributed by atoms with van der Waals surface area (Å²) in [5.41, 5.74) is 6.54. The van der Waals surface area contributed by atoms with E-state index in [0.29, 0.717) is 10.8 Å². The van der Waals surface area contributed by atoms with Gasteiger partial charge in [-0.1, -0.05) is 27.7 Å². The zero-order valence-electron chi connectivity index (χ0n) is 11.9. The molecule has 0 aromatic rings. The van der Waals surface area contributed by atoms with Crippen molar-refractivity contribution >= 4 is 0 Å². The fourth-order valence-electron chi connectivity index (χ4n) is 2.12. The lowest BCUT2D eigenvalue weighted by Crippen LogP contribution is -2.36. The molecule has 2 N–H and O–H groups in total. The van der Waals surface area contributed by atoms with Crippen molar-refractivity contribution in [2.75, 3.05) is 19.8 Å². The topological polar surface area (TPSA) is 44.5 Å². The highest BCUT2D eigenvalue weighted by Crippen LogP contribution is 2.30. The molecular weight excluding hydrogens is 214 g/mol. The number of hydrogen-bond acceptors (Lipinski definition) is 3. The summed E-state index contributed by atoms with van der Waals surface area (Å²) >= 11 is 0. The lowest BCUT2D eigenvalue weighted by Gasteiger charge is -2.33. The molecule has 1 atom stereocenters. The summed E-state index contributed by atoms with van der Waals surface area (Å²) in [6.45, 7) is 11.8. The van der Waals surface area contributed by atoms with Gasteiger partial charge in [0.25, 0.3) is 0 Å². The van der Waals surface area contributed by atoms with Gasteiger partial charge in [0.1, 0.15) is 6.23 Å². The van der Waals surface area contributed by atoms with Crippen LogP contribution in [0.3, 0.4) is 0 Å². The van der Waals surface area contributed by atoms with Crippen LogP contribution in [0.1, 0.15) is 53.4 Å². The molecule has 102 valence electrons. The molecule has 2 fully saturated rings. The fraction of sp³-hybridized carbons (Fsp3) is 1.00. The number of rotatable bonds is 0. The SMILES string of the molecule is CC1(C)CCOC(N)C1.CC1(C)CCOCC1. The normalized spacial score (nSPS) is 31.2. The van der Waals surface area contributed by atoms with Crippen LogP contribution in [0.25, 0.3) is 0 Å². The van der Waals surface area contributed by atoms with Gasteiger partial charge in [-0.25, -0.2) is 0 Å². The first-order valence-electron chi connectivity index (χ1n) is 6.76. The third-order valence-electron chi connectivity index (χ3n) is 3.71. The standard InChI is InChI=1S/C7H15NO.C7H14O/c1-7(2)3-4-9-6(8)5-7;1-7(2)3-5-8-6-4-7/h6H,3-5,8H2,1-2H3;3-6H2,1-2H3. The third kappa shape index (κ3) is 6.39. The second-order valence-corrected chi connectivity index (χ2v) is 6.80. The molecule has 2 aliphatic rings. The predicted octanol–water partition coefficient (Wildman–Crippen LogP) is 2.93. The molecule has 0 bridgehead atoms. The maximum atomic E-state index is 5.59. The van der Waals surface area contributed by atoms with Crippen LogP contribution in [0, 0.1) is 10.8 Å².